The molecular formula is C16H25BrN2O. The first-order valence-corrected chi connectivity index (χ1v) is 8.16. The summed E-state index contributed by atoms with van der Waals surface area (Å²) < 4.78 is 6.29. The van der Waals surface area contributed by atoms with Gasteiger partial charge in [-0.1, -0.05) is 22.0 Å². The van der Waals surface area contributed by atoms with Gasteiger partial charge < -0.3 is 15.0 Å². The van der Waals surface area contributed by atoms with Gasteiger partial charge in [0.1, 0.15) is 0 Å². The molecule has 112 valence electrons. The molecule has 1 aliphatic carbocycles. The summed E-state index contributed by atoms with van der Waals surface area (Å²) in [5.41, 5.74) is 3.01. The number of benzene rings is 1. The number of likely N-dealkylation sites (N-methyl/N-ethyl adjacent to an activating group) is 1. The van der Waals surface area contributed by atoms with E-state index in [1.807, 2.05) is 0 Å². The van der Waals surface area contributed by atoms with Gasteiger partial charge in [0.2, 0.25) is 0 Å². The van der Waals surface area contributed by atoms with Crippen molar-refractivity contribution in [3.05, 3.63) is 33.8 Å². The first-order chi connectivity index (χ1) is 9.69. The van der Waals surface area contributed by atoms with Gasteiger partial charge >= 0.3 is 0 Å². The zero-order valence-electron chi connectivity index (χ0n) is 12.5. The van der Waals surface area contributed by atoms with Crippen LogP contribution >= 0.6 is 15.9 Å². The van der Waals surface area contributed by atoms with Crippen LogP contribution in [0.15, 0.2) is 22.7 Å². The normalized spacial score (nSPS) is 18.3. The molecule has 1 N–H and O–H groups in total. The number of ether oxygens (including phenoxy) is 1. The monoisotopic (exact) mass is 340 g/mol. The average Bonchev–Trinajstić information content (AvgIpc) is 2.45. The Morgan fingerprint density at radius 1 is 1.35 bits per heavy atom. The van der Waals surface area contributed by atoms with E-state index in [1.54, 1.807) is 7.11 Å². The molecule has 1 atom stereocenters. The number of fused-ring (bicyclic) bond motifs is 1. The number of halogens is 1. The van der Waals surface area contributed by atoms with E-state index in [2.05, 4.69) is 51.4 Å². The molecule has 2 rings (SSSR count). The van der Waals surface area contributed by atoms with Crippen molar-refractivity contribution in [2.45, 2.75) is 25.3 Å². The number of aryl methyl sites for hydroxylation is 1. The Bertz CT molecular complexity index is 425. The van der Waals surface area contributed by atoms with Gasteiger partial charge in [0.25, 0.3) is 0 Å². The van der Waals surface area contributed by atoms with Crippen LogP contribution in [-0.4, -0.2) is 51.3 Å². The van der Waals surface area contributed by atoms with Crippen LogP contribution in [0.4, 0.5) is 0 Å². The zero-order valence-corrected chi connectivity index (χ0v) is 14.1. The van der Waals surface area contributed by atoms with Gasteiger partial charge in [-0.2, -0.15) is 0 Å². The second-order valence-corrected chi connectivity index (χ2v) is 6.52. The Hall–Kier alpha value is -0.420. The van der Waals surface area contributed by atoms with E-state index in [9.17, 15) is 0 Å². The quantitative estimate of drug-likeness (QED) is 0.825. The number of nitrogens with zero attached hydrogens (tertiary/aromatic N) is 1. The number of rotatable bonds is 7. The Morgan fingerprint density at radius 2 is 2.20 bits per heavy atom. The van der Waals surface area contributed by atoms with Crippen molar-refractivity contribution in [3.8, 4) is 0 Å². The maximum absolute atomic E-state index is 5.09. The summed E-state index contributed by atoms with van der Waals surface area (Å²) in [6.07, 6.45) is 3.58. The van der Waals surface area contributed by atoms with Crippen molar-refractivity contribution in [2.24, 2.45) is 0 Å². The molecule has 0 saturated heterocycles. The summed E-state index contributed by atoms with van der Waals surface area (Å²) in [5.74, 6) is 0. The molecule has 0 radical (unpaired) electrons. The molecule has 0 fully saturated rings. The Labute approximate surface area is 130 Å². The second kappa shape index (κ2) is 8.13. The number of hydrogen-bond donors (Lipinski definition) is 1. The maximum Gasteiger partial charge on any atom is 0.0589 e. The van der Waals surface area contributed by atoms with Crippen molar-refractivity contribution >= 4 is 15.9 Å². The minimum absolute atomic E-state index is 0.625. The van der Waals surface area contributed by atoms with Crippen LogP contribution in [0.1, 0.15) is 17.5 Å². The van der Waals surface area contributed by atoms with Crippen LogP contribution < -0.4 is 5.32 Å². The van der Waals surface area contributed by atoms with E-state index in [0.717, 1.165) is 32.7 Å². The predicted octanol–water partition coefficient (Wildman–Crippen LogP) is 2.47. The summed E-state index contributed by atoms with van der Waals surface area (Å²) in [6.45, 7) is 3.94. The van der Waals surface area contributed by atoms with E-state index in [-0.39, 0.29) is 0 Å². The van der Waals surface area contributed by atoms with Crippen LogP contribution in [-0.2, 0) is 17.6 Å². The molecule has 1 aliphatic rings. The van der Waals surface area contributed by atoms with Gasteiger partial charge in [-0.15, -0.1) is 0 Å². The molecule has 0 aliphatic heterocycles. The lowest BCUT2D eigenvalue weighted by atomic mass is 9.88. The van der Waals surface area contributed by atoms with E-state index in [1.165, 1.54) is 28.4 Å². The third-order valence-electron chi connectivity index (χ3n) is 4.00. The third-order valence-corrected chi connectivity index (χ3v) is 4.49. The highest BCUT2D eigenvalue weighted by Crippen LogP contribution is 2.24. The highest BCUT2D eigenvalue weighted by atomic mass is 79.9. The lowest BCUT2D eigenvalue weighted by Gasteiger charge is -2.27. The largest absolute Gasteiger partial charge is 0.383 e. The second-order valence-electron chi connectivity index (χ2n) is 5.60. The fourth-order valence-corrected chi connectivity index (χ4v) is 3.12. The molecule has 20 heavy (non-hydrogen) atoms. The van der Waals surface area contributed by atoms with E-state index < -0.39 is 0 Å². The van der Waals surface area contributed by atoms with E-state index >= 15 is 0 Å². The molecule has 0 bridgehead atoms. The molecule has 0 saturated carbocycles. The van der Waals surface area contributed by atoms with Crippen molar-refractivity contribution < 1.29 is 4.74 Å². The fourth-order valence-electron chi connectivity index (χ4n) is 2.72. The third kappa shape index (κ3) is 4.85. The maximum atomic E-state index is 5.09. The Kier molecular flexibility index (Phi) is 6.49. The molecule has 1 unspecified atom stereocenters. The molecule has 0 heterocycles. The van der Waals surface area contributed by atoms with Gasteiger partial charge in [0.05, 0.1) is 6.61 Å². The summed E-state index contributed by atoms with van der Waals surface area (Å²) in [5, 5.41) is 3.69. The number of hydrogen-bond acceptors (Lipinski definition) is 3. The highest BCUT2D eigenvalue weighted by molar-refractivity contribution is 9.10. The fraction of sp³-hybridized carbons (Fsp3) is 0.625. The van der Waals surface area contributed by atoms with E-state index in [4.69, 9.17) is 4.74 Å². The minimum atomic E-state index is 0.625. The SMILES string of the molecule is COCCN(C)CCNC1CCc2cc(Br)ccc2C1. The lowest BCUT2D eigenvalue weighted by molar-refractivity contribution is 0.161. The zero-order chi connectivity index (χ0) is 14.4. The smallest absolute Gasteiger partial charge is 0.0589 e. The topological polar surface area (TPSA) is 24.5 Å². The number of nitrogens with one attached hydrogen (secondary N) is 1. The van der Waals surface area contributed by atoms with Crippen molar-refractivity contribution in [1.29, 1.82) is 0 Å². The van der Waals surface area contributed by atoms with Gasteiger partial charge in [0.15, 0.2) is 0 Å². The summed E-state index contributed by atoms with van der Waals surface area (Å²) in [6, 6.07) is 7.31. The molecule has 0 aromatic heterocycles. The molecule has 4 heteroatoms. The minimum Gasteiger partial charge on any atom is -0.383 e. The van der Waals surface area contributed by atoms with Gasteiger partial charge in [-0.3, -0.25) is 0 Å². The van der Waals surface area contributed by atoms with Crippen LogP contribution in [0, 0.1) is 0 Å². The summed E-state index contributed by atoms with van der Waals surface area (Å²) >= 11 is 3.55. The summed E-state index contributed by atoms with van der Waals surface area (Å²) in [7, 11) is 3.90. The lowest BCUT2D eigenvalue weighted by Crippen LogP contribution is -2.39. The molecular weight excluding hydrogens is 316 g/mol. The first-order valence-electron chi connectivity index (χ1n) is 7.37. The summed E-state index contributed by atoms with van der Waals surface area (Å²) in [4.78, 5) is 2.31. The van der Waals surface area contributed by atoms with Gasteiger partial charge in [0, 0.05) is 37.3 Å². The standard InChI is InChI=1S/C16H25BrN2O/c1-19(9-10-20-2)8-7-18-16-6-4-13-11-15(17)5-3-14(13)12-16/h3,5,11,16,18H,4,6-10,12H2,1-2H3. The van der Waals surface area contributed by atoms with Gasteiger partial charge in [-0.05, 0) is 49.6 Å². The van der Waals surface area contributed by atoms with Gasteiger partial charge in [-0.25, -0.2) is 0 Å². The molecule has 1 aromatic rings. The molecule has 0 amide bonds. The molecule has 0 spiro atoms. The average molecular weight is 341 g/mol. The van der Waals surface area contributed by atoms with Crippen LogP contribution in [0.5, 0.6) is 0 Å². The first kappa shape index (κ1) is 16.0. The molecule has 3 nitrogen and oxygen atoms in total. The van der Waals surface area contributed by atoms with Crippen LogP contribution in [0.2, 0.25) is 0 Å². The van der Waals surface area contributed by atoms with Crippen molar-refractivity contribution in [3.63, 3.8) is 0 Å². The van der Waals surface area contributed by atoms with E-state index in [0.29, 0.717) is 6.04 Å². The molecule has 1 aromatic carbocycles. The van der Waals surface area contributed by atoms with Crippen LogP contribution in [0.3, 0.4) is 0 Å². The van der Waals surface area contributed by atoms with Crippen molar-refractivity contribution in [1.82, 2.24) is 10.2 Å². The van der Waals surface area contributed by atoms with Crippen molar-refractivity contribution in [2.75, 3.05) is 40.4 Å². The highest BCUT2D eigenvalue weighted by Gasteiger charge is 2.18. The predicted molar refractivity (Wildman–Crippen MR) is 87.3 cm³/mol. The number of methoxy groups -OCH3 is 1. The Morgan fingerprint density at radius 3 is 3.00 bits per heavy atom. The Balaban J connectivity index is 1.72. The van der Waals surface area contributed by atoms with Crippen LogP contribution in [0.25, 0.3) is 0 Å².